The first kappa shape index (κ1) is 12.0. The second kappa shape index (κ2) is 5.23. The van der Waals surface area contributed by atoms with Gasteiger partial charge in [-0.1, -0.05) is 0 Å². The molecular weight excluding hydrogens is 284 g/mol. The number of nitrogens with one attached hydrogen (secondary N) is 1. The summed E-state index contributed by atoms with van der Waals surface area (Å²) in [5.74, 6) is 0.795. The molecule has 2 aromatic heterocycles. The van der Waals surface area contributed by atoms with Crippen LogP contribution < -0.4 is 5.32 Å². The molecule has 0 spiro atoms. The van der Waals surface area contributed by atoms with Crippen molar-refractivity contribution in [2.75, 3.05) is 6.54 Å². The lowest BCUT2D eigenvalue weighted by Crippen LogP contribution is -2.27. The van der Waals surface area contributed by atoms with Crippen LogP contribution in [0, 0.1) is 0 Å². The summed E-state index contributed by atoms with van der Waals surface area (Å²) in [5.41, 5.74) is 0.635. The molecule has 4 nitrogen and oxygen atoms in total. The summed E-state index contributed by atoms with van der Waals surface area (Å²) in [6.07, 6.45) is 4.18. The van der Waals surface area contributed by atoms with E-state index < -0.39 is 0 Å². The van der Waals surface area contributed by atoms with Crippen LogP contribution in [0.2, 0.25) is 0 Å². The molecule has 0 aliphatic heterocycles. The number of aryl methyl sites for hydroxylation is 1. The minimum absolute atomic E-state index is 0.0789. The molecule has 0 unspecified atom stereocenters. The van der Waals surface area contributed by atoms with Gasteiger partial charge in [0.2, 0.25) is 0 Å². The number of hydrogen-bond donors (Lipinski definition) is 1. The predicted octanol–water partition coefficient (Wildman–Crippen LogP) is 2.35. The summed E-state index contributed by atoms with van der Waals surface area (Å²) in [7, 11) is 1.84. The molecule has 0 aromatic carbocycles. The monoisotopic (exact) mass is 296 g/mol. The van der Waals surface area contributed by atoms with Gasteiger partial charge in [0.15, 0.2) is 0 Å². The molecule has 0 atom stereocenters. The largest absolute Gasteiger partial charge is 0.469 e. The lowest BCUT2D eigenvalue weighted by Gasteiger charge is -2.04. The van der Waals surface area contributed by atoms with Gasteiger partial charge in [-0.05, 0) is 34.1 Å². The minimum Gasteiger partial charge on any atom is -0.469 e. The van der Waals surface area contributed by atoms with Gasteiger partial charge in [-0.15, -0.1) is 0 Å². The number of hydrogen-bond acceptors (Lipinski definition) is 2. The van der Waals surface area contributed by atoms with E-state index in [0.29, 0.717) is 18.7 Å². The van der Waals surface area contributed by atoms with Crippen LogP contribution >= 0.6 is 15.9 Å². The van der Waals surface area contributed by atoms with Gasteiger partial charge in [0.25, 0.3) is 5.91 Å². The SMILES string of the molecule is Cn1cc(Br)cc1C(=O)NCCc1ccco1. The molecule has 0 fully saturated rings. The number of furan rings is 1. The number of nitrogens with zero attached hydrogens (tertiary/aromatic N) is 1. The van der Waals surface area contributed by atoms with Gasteiger partial charge < -0.3 is 14.3 Å². The van der Waals surface area contributed by atoms with Crippen molar-refractivity contribution >= 4 is 21.8 Å². The Kier molecular flexibility index (Phi) is 3.68. The second-order valence-electron chi connectivity index (χ2n) is 3.74. The maximum atomic E-state index is 11.8. The number of amides is 1. The molecular formula is C12H13BrN2O2. The number of aromatic nitrogens is 1. The standard InChI is InChI=1S/C12H13BrN2O2/c1-15-8-9(13)7-11(15)12(16)14-5-4-10-3-2-6-17-10/h2-3,6-8H,4-5H2,1H3,(H,14,16). The van der Waals surface area contributed by atoms with Crippen LogP contribution in [0.5, 0.6) is 0 Å². The van der Waals surface area contributed by atoms with Crippen LogP contribution in [0.3, 0.4) is 0 Å². The second-order valence-corrected chi connectivity index (χ2v) is 4.66. The summed E-state index contributed by atoms with van der Waals surface area (Å²) in [4.78, 5) is 11.8. The molecule has 1 N–H and O–H groups in total. The van der Waals surface area contributed by atoms with Crippen LogP contribution in [-0.2, 0) is 13.5 Å². The van der Waals surface area contributed by atoms with Crippen molar-refractivity contribution in [3.05, 3.63) is 46.6 Å². The van der Waals surface area contributed by atoms with E-state index in [2.05, 4.69) is 21.2 Å². The minimum atomic E-state index is -0.0789. The van der Waals surface area contributed by atoms with Gasteiger partial charge in [0.05, 0.1) is 6.26 Å². The molecule has 2 rings (SSSR count). The Labute approximate surface area is 108 Å². The van der Waals surface area contributed by atoms with Crippen LogP contribution in [0.1, 0.15) is 16.2 Å². The van der Waals surface area contributed by atoms with Gasteiger partial charge in [-0.3, -0.25) is 4.79 Å². The molecule has 2 heterocycles. The lowest BCUT2D eigenvalue weighted by molar-refractivity contribution is 0.0945. The van der Waals surface area contributed by atoms with Crippen molar-refractivity contribution in [1.29, 1.82) is 0 Å². The molecule has 90 valence electrons. The van der Waals surface area contributed by atoms with Gasteiger partial charge in [-0.2, -0.15) is 0 Å². The zero-order valence-electron chi connectivity index (χ0n) is 9.44. The first-order chi connectivity index (χ1) is 8.16. The lowest BCUT2D eigenvalue weighted by atomic mass is 10.3. The van der Waals surface area contributed by atoms with Crippen molar-refractivity contribution in [1.82, 2.24) is 9.88 Å². The summed E-state index contributed by atoms with van der Waals surface area (Å²) in [5, 5.41) is 2.85. The summed E-state index contributed by atoms with van der Waals surface area (Å²) in [6, 6.07) is 5.53. The molecule has 0 saturated carbocycles. The van der Waals surface area contributed by atoms with Crippen LogP contribution in [0.4, 0.5) is 0 Å². The maximum Gasteiger partial charge on any atom is 0.267 e. The Balaban J connectivity index is 1.87. The molecule has 0 aliphatic rings. The van der Waals surface area contributed by atoms with Crippen molar-refractivity contribution in [3.63, 3.8) is 0 Å². The Morgan fingerprint density at radius 2 is 2.41 bits per heavy atom. The fourth-order valence-corrected chi connectivity index (χ4v) is 2.12. The molecule has 0 aliphatic carbocycles. The highest BCUT2D eigenvalue weighted by Gasteiger charge is 2.10. The van der Waals surface area contributed by atoms with E-state index in [1.54, 1.807) is 16.9 Å². The summed E-state index contributed by atoms with van der Waals surface area (Å²) >= 11 is 3.34. The number of carbonyl (C=O) groups is 1. The highest BCUT2D eigenvalue weighted by Crippen LogP contribution is 2.13. The summed E-state index contributed by atoms with van der Waals surface area (Å²) < 4.78 is 7.87. The first-order valence-corrected chi connectivity index (χ1v) is 6.08. The smallest absolute Gasteiger partial charge is 0.267 e. The van der Waals surface area contributed by atoms with Crippen molar-refractivity contribution < 1.29 is 9.21 Å². The third kappa shape index (κ3) is 3.00. The third-order valence-electron chi connectivity index (χ3n) is 2.44. The van der Waals surface area contributed by atoms with Gasteiger partial charge in [0, 0.05) is 30.7 Å². The van der Waals surface area contributed by atoms with E-state index in [1.807, 2.05) is 25.4 Å². The quantitative estimate of drug-likeness (QED) is 0.941. The predicted molar refractivity (Wildman–Crippen MR) is 67.9 cm³/mol. The molecule has 0 bridgehead atoms. The van der Waals surface area contributed by atoms with E-state index in [9.17, 15) is 4.79 Å². The Bertz CT molecular complexity index is 503. The van der Waals surface area contributed by atoms with E-state index in [1.165, 1.54) is 0 Å². The van der Waals surface area contributed by atoms with E-state index >= 15 is 0 Å². The average Bonchev–Trinajstić information content (AvgIpc) is 2.88. The average molecular weight is 297 g/mol. The van der Waals surface area contributed by atoms with Gasteiger partial charge in [0.1, 0.15) is 11.5 Å². The van der Waals surface area contributed by atoms with Crippen molar-refractivity contribution in [2.45, 2.75) is 6.42 Å². The molecule has 0 radical (unpaired) electrons. The normalized spacial score (nSPS) is 10.5. The summed E-state index contributed by atoms with van der Waals surface area (Å²) in [6.45, 7) is 0.565. The van der Waals surface area contributed by atoms with Crippen LogP contribution in [-0.4, -0.2) is 17.0 Å². The highest BCUT2D eigenvalue weighted by atomic mass is 79.9. The van der Waals surface area contributed by atoms with Crippen molar-refractivity contribution in [3.8, 4) is 0 Å². The fraction of sp³-hybridized carbons (Fsp3) is 0.250. The molecule has 1 amide bonds. The van der Waals surface area contributed by atoms with E-state index in [0.717, 1.165) is 10.2 Å². The molecule has 17 heavy (non-hydrogen) atoms. The third-order valence-corrected chi connectivity index (χ3v) is 2.87. The topological polar surface area (TPSA) is 47.2 Å². The Hall–Kier alpha value is -1.49. The van der Waals surface area contributed by atoms with Gasteiger partial charge in [-0.25, -0.2) is 0 Å². The molecule has 2 aromatic rings. The zero-order valence-corrected chi connectivity index (χ0v) is 11.0. The number of rotatable bonds is 4. The Morgan fingerprint density at radius 3 is 3.00 bits per heavy atom. The zero-order chi connectivity index (χ0) is 12.3. The molecule has 0 saturated heterocycles. The Morgan fingerprint density at radius 1 is 1.59 bits per heavy atom. The maximum absolute atomic E-state index is 11.8. The molecule has 5 heteroatoms. The fourth-order valence-electron chi connectivity index (χ4n) is 1.59. The van der Waals surface area contributed by atoms with Gasteiger partial charge >= 0.3 is 0 Å². The van der Waals surface area contributed by atoms with Crippen LogP contribution in [0.15, 0.2) is 39.5 Å². The highest BCUT2D eigenvalue weighted by molar-refractivity contribution is 9.10. The van der Waals surface area contributed by atoms with E-state index in [-0.39, 0.29) is 5.91 Å². The van der Waals surface area contributed by atoms with Crippen LogP contribution in [0.25, 0.3) is 0 Å². The van der Waals surface area contributed by atoms with E-state index in [4.69, 9.17) is 4.42 Å². The first-order valence-electron chi connectivity index (χ1n) is 5.29. The van der Waals surface area contributed by atoms with Crippen molar-refractivity contribution in [2.24, 2.45) is 7.05 Å². The number of halogens is 1. The number of carbonyl (C=O) groups excluding carboxylic acids is 1.